The number of hydrogen-bond donors (Lipinski definition) is 2. The molecule has 6 nitrogen and oxygen atoms in total. The third-order valence-corrected chi connectivity index (χ3v) is 4.00. The van der Waals surface area contributed by atoms with E-state index in [1.807, 2.05) is 0 Å². The molecule has 0 unspecified atom stereocenters. The summed E-state index contributed by atoms with van der Waals surface area (Å²) in [5.41, 5.74) is 1.44. The van der Waals surface area contributed by atoms with Gasteiger partial charge in [-0.05, 0) is 0 Å². The van der Waals surface area contributed by atoms with Crippen molar-refractivity contribution >= 4 is 37.5 Å². The molecule has 0 amide bonds. The van der Waals surface area contributed by atoms with Crippen LogP contribution in [0.2, 0.25) is 0 Å². The van der Waals surface area contributed by atoms with Crippen LogP contribution in [0.15, 0.2) is 17.3 Å². The number of hydrogen-bond acceptors (Lipinski definition) is 6. The number of H-pyrrole nitrogens is 1. The summed E-state index contributed by atoms with van der Waals surface area (Å²) in [4.78, 5) is 23.7. The molecule has 1 aliphatic heterocycles. The summed E-state index contributed by atoms with van der Waals surface area (Å²) < 4.78 is 6.14. The molecule has 0 aliphatic carbocycles. The average molecular weight is 260 g/mol. The fourth-order valence-corrected chi connectivity index (χ4v) is 3.15. The Bertz CT molecular complexity index is 823. The molecule has 3 aromatic rings. The summed E-state index contributed by atoms with van der Waals surface area (Å²) in [6.07, 6.45) is 3.10. The van der Waals surface area contributed by atoms with Gasteiger partial charge in [0.05, 0.1) is 23.6 Å². The quantitative estimate of drug-likeness (QED) is 0.637. The van der Waals surface area contributed by atoms with Gasteiger partial charge in [0.1, 0.15) is 21.7 Å². The van der Waals surface area contributed by atoms with Gasteiger partial charge in [-0.15, -0.1) is 11.3 Å². The number of aromatic nitrogens is 3. The Kier molecular flexibility index (Phi) is 1.87. The molecule has 4 heterocycles. The lowest BCUT2D eigenvalue weighted by molar-refractivity contribution is 0.323. The Hall–Kier alpha value is -2.15. The van der Waals surface area contributed by atoms with Crippen LogP contribution >= 0.6 is 11.3 Å². The number of nitrogens with one attached hydrogen (secondary N) is 2. The smallest absolute Gasteiger partial charge is 0.268 e. The van der Waals surface area contributed by atoms with Crippen molar-refractivity contribution < 1.29 is 4.74 Å². The van der Waals surface area contributed by atoms with Crippen molar-refractivity contribution in [2.24, 2.45) is 0 Å². The van der Waals surface area contributed by atoms with E-state index in [1.54, 1.807) is 6.20 Å². The van der Waals surface area contributed by atoms with Gasteiger partial charge < -0.3 is 15.0 Å². The molecule has 0 spiro atoms. The molecule has 4 rings (SSSR count). The predicted octanol–water partition coefficient (Wildman–Crippen LogP) is 1.34. The number of thiophene rings is 1. The van der Waals surface area contributed by atoms with E-state index >= 15 is 0 Å². The Morgan fingerprint density at radius 1 is 1.39 bits per heavy atom. The summed E-state index contributed by atoms with van der Waals surface area (Å²) in [5.74, 6) is 0.718. The first-order valence-electron chi connectivity index (χ1n) is 5.50. The topological polar surface area (TPSA) is 79.9 Å². The van der Waals surface area contributed by atoms with Gasteiger partial charge >= 0.3 is 0 Å². The molecule has 7 heteroatoms. The Morgan fingerprint density at radius 2 is 2.33 bits per heavy atom. The molecule has 0 atom stereocenters. The van der Waals surface area contributed by atoms with Crippen LogP contribution in [0, 0.1) is 0 Å². The lowest BCUT2D eigenvalue weighted by Crippen LogP contribution is -2.18. The normalized spacial score (nSPS) is 14.2. The molecule has 0 aromatic carbocycles. The molecule has 0 bridgehead atoms. The Labute approximate surface area is 105 Å². The third-order valence-electron chi connectivity index (χ3n) is 2.92. The van der Waals surface area contributed by atoms with Crippen LogP contribution in [0.5, 0.6) is 5.75 Å². The zero-order valence-corrected chi connectivity index (χ0v) is 10.0. The Balaban J connectivity index is 2.24. The van der Waals surface area contributed by atoms with Crippen LogP contribution in [0.25, 0.3) is 20.4 Å². The van der Waals surface area contributed by atoms with Gasteiger partial charge in [-0.3, -0.25) is 4.79 Å². The summed E-state index contributed by atoms with van der Waals surface area (Å²) in [5, 5.41) is 4.17. The van der Waals surface area contributed by atoms with E-state index in [2.05, 4.69) is 20.3 Å². The second kappa shape index (κ2) is 3.42. The van der Waals surface area contributed by atoms with Crippen LogP contribution in [-0.4, -0.2) is 28.1 Å². The molecule has 0 fully saturated rings. The second-order valence-corrected chi connectivity index (χ2v) is 4.96. The molecule has 3 aromatic heterocycles. The van der Waals surface area contributed by atoms with Crippen molar-refractivity contribution in [2.45, 2.75) is 0 Å². The van der Waals surface area contributed by atoms with Gasteiger partial charge in [-0.25, -0.2) is 9.97 Å². The van der Waals surface area contributed by atoms with Crippen molar-refractivity contribution in [1.29, 1.82) is 0 Å². The minimum Gasteiger partial charge on any atom is -0.488 e. The van der Waals surface area contributed by atoms with Gasteiger partial charge in [-0.1, -0.05) is 0 Å². The van der Waals surface area contributed by atoms with Crippen LogP contribution in [0.1, 0.15) is 0 Å². The SMILES string of the molecule is O=c1[nH]cnc2c1sc1ncc3c(c12)NCCO3. The van der Waals surface area contributed by atoms with Gasteiger partial charge in [0, 0.05) is 6.54 Å². The number of fused-ring (bicyclic) bond motifs is 5. The molecule has 0 saturated heterocycles. The monoisotopic (exact) mass is 260 g/mol. The first kappa shape index (κ1) is 9.84. The van der Waals surface area contributed by atoms with Crippen molar-refractivity contribution in [2.75, 3.05) is 18.5 Å². The molecule has 2 N–H and O–H groups in total. The molecular weight excluding hydrogens is 252 g/mol. The van der Waals surface area contributed by atoms with Crippen molar-refractivity contribution in [1.82, 2.24) is 15.0 Å². The van der Waals surface area contributed by atoms with Crippen LogP contribution in [-0.2, 0) is 0 Å². The highest BCUT2D eigenvalue weighted by Crippen LogP contribution is 2.40. The lowest BCUT2D eigenvalue weighted by atomic mass is 10.2. The summed E-state index contributed by atoms with van der Waals surface area (Å²) in [6, 6.07) is 0. The minimum absolute atomic E-state index is 0.131. The van der Waals surface area contributed by atoms with Crippen molar-refractivity contribution in [3.05, 3.63) is 22.9 Å². The maximum absolute atomic E-state index is 11.8. The van der Waals surface area contributed by atoms with E-state index in [0.29, 0.717) is 16.8 Å². The highest BCUT2D eigenvalue weighted by atomic mass is 32.1. The van der Waals surface area contributed by atoms with Gasteiger partial charge in [0.25, 0.3) is 5.56 Å². The predicted molar refractivity (Wildman–Crippen MR) is 69.5 cm³/mol. The third kappa shape index (κ3) is 1.19. The number of pyridine rings is 1. The number of anilines is 1. The van der Waals surface area contributed by atoms with E-state index in [-0.39, 0.29) is 5.56 Å². The largest absolute Gasteiger partial charge is 0.488 e. The van der Waals surface area contributed by atoms with Gasteiger partial charge in [-0.2, -0.15) is 0 Å². The average Bonchev–Trinajstić information content (AvgIpc) is 2.79. The molecular formula is C11H8N4O2S. The van der Waals surface area contributed by atoms with Crippen LogP contribution in [0.4, 0.5) is 5.69 Å². The fraction of sp³-hybridized carbons (Fsp3) is 0.182. The highest BCUT2D eigenvalue weighted by Gasteiger charge is 2.19. The first-order chi connectivity index (χ1) is 8.84. The van der Waals surface area contributed by atoms with E-state index < -0.39 is 0 Å². The molecule has 18 heavy (non-hydrogen) atoms. The molecule has 0 saturated carbocycles. The maximum atomic E-state index is 11.8. The number of ether oxygens (including phenoxy) is 1. The minimum atomic E-state index is -0.131. The maximum Gasteiger partial charge on any atom is 0.268 e. The lowest BCUT2D eigenvalue weighted by Gasteiger charge is -2.19. The van der Waals surface area contributed by atoms with Gasteiger partial charge in [0.2, 0.25) is 0 Å². The van der Waals surface area contributed by atoms with E-state index in [1.165, 1.54) is 17.7 Å². The first-order valence-corrected chi connectivity index (χ1v) is 6.32. The molecule has 0 radical (unpaired) electrons. The van der Waals surface area contributed by atoms with Crippen molar-refractivity contribution in [3.63, 3.8) is 0 Å². The summed E-state index contributed by atoms with van der Waals surface area (Å²) in [6.45, 7) is 1.36. The fourth-order valence-electron chi connectivity index (χ4n) is 2.15. The molecule has 90 valence electrons. The van der Waals surface area contributed by atoms with Crippen LogP contribution < -0.4 is 15.6 Å². The summed E-state index contributed by atoms with van der Waals surface area (Å²) >= 11 is 1.35. The Morgan fingerprint density at radius 3 is 3.28 bits per heavy atom. The van der Waals surface area contributed by atoms with E-state index in [0.717, 1.165) is 28.2 Å². The highest BCUT2D eigenvalue weighted by molar-refractivity contribution is 7.25. The second-order valence-electron chi connectivity index (χ2n) is 3.96. The summed E-state index contributed by atoms with van der Waals surface area (Å²) in [7, 11) is 0. The van der Waals surface area contributed by atoms with Crippen molar-refractivity contribution in [3.8, 4) is 5.75 Å². The number of aromatic amines is 1. The standard InChI is InChI=1S/C11H8N4O2S/c16-10-9-8(14-4-15-10)6-7-5(17-2-1-12-7)3-13-11(6)18-9/h3-4,12H,1-2H2,(H,14,15,16). The van der Waals surface area contributed by atoms with E-state index in [9.17, 15) is 4.79 Å². The van der Waals surface area contributed by atoms with E-state index in [4.69, 9.17) is 4.74 Å². The number of rotatable bonds is 0. The zero-order valence-electron chi connectivity index (χ0n) is 9.19. The number of nitrogens with zero attached hydrogens (tertiary/aromatic N) is 2. The zero-order chi connectivity index (χ0) is 12.1. The van der Waals surface area contributed by atoms with Crippen LogP contribution in [0.3, 0.4) is 0 Å². The molecule has 1 aliphatic rings. The van der Waals surface area contributed by atoms with Gasteiger partial charge in [0.15, 0.2) is 5.75 Å².